The molecule has 0 saturated heterocycles. The van der Waals surface area contributed by atoms with Gasteiger partial charge in [0.15, 0.2) is 5.75 Å². The maximum absolute atomic E-state index is 5.99. The van der Waals surface area contributed by atoms with Crippen molar-refractivity contribution in [3.63, 3.8) is 0 Å². The van der Waals surface area contributed by atoms with Crippen LogP contribution in [0.5, 0.6) is 11.5 Å². The van der Waals surface area contributed by atoms with Crippen molar-refractivity contribution in [2.75, 3.05) is 10.6 Å². The lowest BCUT2D eigenvalue weighted by atomic mass is 10.2. The van der Waals surface area contributed by atoms with Crippen molar-refractivity contribution in [3.8, 4) is 11.5 Å². The van der Waals surface area contributed by atoms with E-state index >= 15 is 0 Å². The predicted octanol–water partition coefficient (Wildman–Crippen LogP) is 5.53. The molecule has 5 nitrogen and oxygen atoms in total. The van der Waals surface area contributed by atoms with E-state index in [1.165, 1.54) is 0 Å². The fraction of sp³-hybridized carbons (Fsp3) is 0.238. The summed E-state index contributed by atoms with van der Waals surface area (Å²) in [5.74, 6) is 2.86. The molecular formula is C21H24N4O. The molecule has 0 radical (unpaired) electrons. The first-order chi connectivity index (χ1) is 12.6. The normalized spacial score (nSPS) is 11.7. The molecule has 0 spiro atoms. The Morgan fingerprint density at radius 3 is 2.50 bits per heavy atom. The molecule has 3 rings (SSSR count). The molecule has 0 aliphatic heterocycles. The van der Waals surface area contributed by atoms with Crippen LogP contribution in [0.25, 0.3) is 0 Å². The second-order valence-electron chi connectivity index (χ2n) is 6.21. The molecule has 1 aromatic heterocycles. The van der Waals surface area contributed by atoms with Gasteiger partial charge < -0.3 is 15.4 Å². The largest absolute Gasteiger partial charge is 0.455 e. The number of nitrogens with zero attached hydrogens (tertiary/aromatic N) is 2. The van der Waals surface area contributed by atoms with Crippen LogP contribution in [-0.2, 0) is 0 Å². The number of anilines is 3. The number of para-hydroxylation sites is 3. The number of benzene rings is 2. The SMILES string of the molecule is CCC(C)Nc1cc(C)nc(Nc2ccccc2Oc2ccccc2)n1. The summed E-state index contributed by atoms with van der Waals surface area (Å²) in [4.78, 5) is 9.07. The van der Waals surface area contributed by atoms with E-state index in [2.05, 4.69) is 34.4 Å². The van der Waals surface area contributed by atoms with Crippen molar-refractivity contribution in [1.82, 2.24) is 9.97 Å². The lowest BCUT2D eigenvalue weighted by molar-refractivity contribution is 0.485. The topological polar surface area (TPSA) is 59.1 Å². The number of aromatic nitrogens is 2. The average molecular weight is 348 g/mol. The molecule has 1 heterocycles. The van der Waals surface area contributed by atoms with Crippen molar-refractivity contribution in [2.45, 2.75) is 33.2 Å². The molecule has 0 aliphatic carbocycles. The molecule has 134 valence electrons. The number of ether oxygens (including phenoxy) is 1. The van der Waals surface area contributed by atoms with Crippen molar-refractivity contribution < 1.29 is 4.74 Å². The van der Waals surface area contributed by atoms with E-state index in [1.54, 1.807) is 0 Å². The first-order valence-electron chi connectivity index (χ1n) is 8.85. The van der Waals surface area contributed by atoms with Crippen LogP contribution in [0.2, 0.25) is 0 Å². The monoisotopic (exact) mass is 348 g/mol. The van der Waals surface area contributed by atoms with Crippen LogP contribution in [0.4, 0.5) is 17.5 Å². The first kappa shape index (κ1) is 17.7. The Bertz CT molecular complexity index is 852. The highest BCUT2D eigenvalue weighted by Crippen LogP contribution is 2.30. The van der Waals surface area contributed by atoms with Gasteiger partial charge in [-0.05, 0) is 44.5 Å². The van der Waals surface area contributed by atoms with E-state index in [4.69, 9.17) is 4.74 Å². The highest BCUT2D eigenvalue weighted by Gasteiger charge is 2.09. The summed E-state index contributed by atoms with van der Waals surface area (Å²) in [6.07, 6.45) is 1.03. The molecule has 1 unspecified atom stereocenters. The Hall–Kier alpha value is -3.08. The van der Waals surface area contributed by atoms with Crippen molar-refractivity contribution in [3.05, 3.63) is 66.4 Å². The van der Waals surface area contributed by atoms with E-state index in [-0.39, 0.29) is 0 Å². The van der Waals surface area contributed by atoms with Gasteiger partial charge in [0.25, 0.3) is 0 Å². The van der Waals surface area contributed by atoms with Crippen LogP contribution in [0, 0.1) is 6.92 Å². The Morgan fingerprint density at radius 1 is 1.00 bits per heavy atom. The summed E-state index contributed by atoms with van der Waals surface area (Å²) in [5.41, 5.74) is 1.71. The standard InChI is InChI=1S/C21H24N4O/c1-4-15(2)22-20-14-16(3)23-21(25-20)24-18-12-8-9-13-19(18)26-17-10-6-5-7-11-17/h5-15H,4H2,1-3H3,(H2,22,23,24,25). The molecule has 0 bridgehead atoms. The van der Waals surface area contributed by atoms with Crippen LogP contribution >= 0.6 is 0 Å². The highest BCUT2D eigenvalue weighted by molar-refractivity contribution is 5.64. The fourth-order valence-corrected chi connectivity index (χ4v) is 2.45. The van der Waals surface area contributed by atoms with Gasteiger partial charge in [0, 0.05) is 17.8 Å². The molecule has 26 heavy (non-hydrogen) atoms. The van der Waals surface area contributed by atoms with Crippen LogP contribution < -0.4 is 15.4 Å². The minimum absolute atomic E-state index is 0.353. The van der Waals surface area contributed by atoms with E-state index in [0.29, 0.717) is 12.0 Å². The number of nitrogens with one attached hydrogen (secondary N) is 2. The second kappa shape index (κ2) is 8.34. The molecular weight excluding hydrogens is 324 g/mol. The average Bonchev–Trinajstić information content (AvgIpc) is 2.63. The van der Waals surface area contributed by atoms with E-state index in [0.717, 1.165) is 35.1 Å². The van der Waals surface area contributed by atoms with Gasteiger partial charge in [-0.3, -0.25) is 0 Å². The van der Waals surface area contributed by atoms with Gasteiger partial charge in [-0.1, -0.05) is 37.3 Å². The summed E-state index contributed by atoms with van der Waals surface area (Å²) in [6, 6.07) is 19.8. The van der Waals surface area contributed by atoms with Gasteiger partial charge in [0.05, 0.1) is 5.69 Å². The van der Waals surface area contributed by atoms with Gasteiger partial charge in [-0.2, -0.15) is 4.98 Å². The maximum Gasteiger partial charge on any atom is 0.229 e. The molecule has 0 aliphatic rings. The van der Waals surface area contributed by atoms with Crippen LogP contribution in [0.15, 0.2) is 60.7 Å². The second-order valence-corrected chi connectivity index (χ2v) is 6.21. The van der Waals surface area contributed by atoms with Crippen molar-refractivity contribution in [1.29, 1.82) is 0 Å². The van der Waals surface area contributed by atoms with Gasteiger partial charge >= 0.3 is 0 Å². The first-order valence-corrected chi connectivity index (χ1v) is 8.85. The Morgan fingerprint density at radius 2 is 1.73 bits per heavy atom. The van der Waals surface area contributed by atoms with Crippen molar-refractivity contribution >= 4 is 17.5 Å². The van der Waals surface area contributed by atoms with E-state index in [1.807, 2.05) is 67.6 Å². The molecule has 2 N–H and O–H groups in total. The zero-order chi connectivity index (χ0) is 18.4. The number of hydrogen-bond donors (Lipinski definition) is 2. The van der Waals surface area contributed by atoms with Gasteiger partial charge in [0.1, 0.15) is 11.6 Å². The minimum Gasteiger partial charge on any atom is -0.455 e. The van der Waals surface area contributed by atoms with Crippen molar-refractivity contribution in [2.24, 2.45) is 0 Å². The number of rotatable bonds is 7. The summed E-state index contributed by atoms with van der Waals surface area (Å²) in [6.45, 7) is 6.23. The highest BCUT2D eigenvalue weighted by atomic mass is 16.5. The molecule has 0 amide bonds. The van der Waals surface area contributed by atoms with Gasteiger partial charge in [-0.15, -0.1) is 0 Å². The third-order valence-corrected chi connectivity index (χ3v) is 3.97. The molecule has 0 saturated carbocycles. The third kappa shape index (κ3) is 4.72. The van der Waals surface area contributed by atoms with Crippen LogP contribution in [0.1, 0.15) is 26.0 Å². The molecule has 0 fully saturated rings. The quantitative estimate of drug-likeness (QED) is 0.588. The Balaban J connectivity index is 1.83. The maximum atomic E-state index is 5.99. The van der Waals surface area contributed by atoms with E-state index in [9.17, 15) is 0 Å². The third-order valence-electron chi connectivity index (χ3n) is 3.97. The van der Waals surface area contributed by atoms with E-state index < -0.39 is 0 Å². The van der Waals surface area contributed by atoms with Gasteiger partial charge in [-0.25, -0.2) is 4.98 Å². The lowest BCUT2D eigenvalue weighted by Gasteiger charge is -2.15. The lowest BCUT2D eigenvalue weighted by Crippen LogP contribution is -2.15. The van der Waals surface area contributed by atoms with Crippen LogP contribution in [-0.4, -0.2) is 16.0 Å². The molecule has 2 aromatic carbocycles. The summed E-state index contributed by atoms with van der Waals surface area (Å²) >= 11 is 0. The number of hydrogen-bond acceptors (Lipinski definition) is 5. The minimum atomic E-state index is 0.353. The number of aryl methyl sites for hydroxylation is 1. The zero-order valence-corrected chi connectivity index (χ0v) is 15.4. The summed E-state index contributed by atoms with van der Waals surface area (Å²) < 4.78 is 5.99. The predicted molar refractivity (Wildman–Crippen MR) is 106 cm³/mol. The molecule has 3 aromatic rings. The molecule has 5 heteroatoms. The Labute approximate surface area is 154 Å². The Kier molecular flexibility index (Phi) is 5.69. The summed E-state index contributed by atoms with van der Waals surface area (Å²) in [7, 11) is 0. The zero-order valence-electron chi connectivity index (χ0n) is 15.4. The fourth-order valence-electron chi connectivity index (χ4n) is 2.45. The smallest absolute Gasteiger partial charge is 0.229 e. The van der Waals surface area contributed by atoms with Gasteiger partial charge in [0.2, 0.25) is 5.95 Å². The molecule has 1 atom stereocenters. The van der Waals surface area contributed by atoms with Crippen LogP contribution in [0.3, 0.4) is 0 Å². The summed E-state index contributed by atoms with van der Waals surface area (Å²) in [5, 5.41) is 6.67.